The quantitative estimate of drug-likeness (QED) is 0.760. The molecule has 4 heteroatoms. The largest absolute Gasteiger partial charge is 0.353 e. The van der Waals surface area contributed by atoms with Crippen molar-refractivity contribution in [1.29, 1.82) is 0 Å². The van der Waals surface area contributed by atoms with Crippen molar-refractivity contribution in [2.75, 3.05) is 13.1 Å². The van der Waals surface area contributed by atoms with Crippen LogP contribution in [0.25, 0.3) is 0 Å². The Morgan fingerprint density at radius 2 is 1.75 bits per heavy atom. The van der Waals surface area contributed by atoms with Crippen molar-refractivity contribution >= 4 is 11.8 Å². The molecule has 0 saturated heterocycles. The molecule has 1 fully saturated rings. The Labute approximate surface area is 122 Å². The lowest BCUT2D eigenvalue weighted by Crippen LogP contribution is -2.42. The first kappa shape index (κ1) is 16.7. The molecule has 0 spiro atoms. The maximum absolute atomic E-state index is 12.2. The van der Waals surface area contributed by atoms with Gasteiger partial charge in [0.2, 0.25) is 11.8 Å². The van der Waals surface area contributed by atoms with Crippen LogP contribution in [0.2, 0.25) is 0 Å². The summed E-state index contributed by atoms with van der Waals surface area (Å²) in [4.78, 5) is 26.1. The van der Waals surface area contributed by atoms with Gasteiger partial charge < -0.3 is 10.2 Å². The third-order valence-corrected chi connectivity index (χ3v) is 4.19. The molecule has 0 bridgehead atoms. The second-order valence-corrected chi connectivity index (χ2v) is 5.57. The van der Waals surface area contributed by atoms with Gasteiger partial charge in [-0.2, -0.15) is 0 Å². The second-order valence-electron chi connectivity index (χ2n) is 5.57. The van der Waals surface area contributed by atoms with Crippen LogP contribution in [0, 0.1) is 5.92 Å². The molecule has 0 aliphatic heterocycles. The molecular weight excluding hydrogens is 252 g/mol. The number of nitrogens with zero attached hydrogens (tertiary/aromatic N) is 1. The highest BCUT2D eigenvalue weighted by Gasteiger charge is 2.26. The van der Waals surface area contributed by atoms with Crippen LogP contribution in [-0.4, -0.2) is 35.8 Å². The molecule has 1 aliphatic carbocycles. The van der Waals surface area contributed by atoms with E-state index in [9.17, 15) is 9.59 Å². The van der Waals surface area contributed by atoms with Gasteiger partial charge >= 0.3 is 0 Å². The maximum atomic E-state index is 12.2. The van der Waals surface area contributed by atoms with E-state index in [1.54, 1.807) is 11.8 Å². The molecule has 114 valence electrons. The van der Waals surface area contributed by atoms with E-state index in [0.29, 0.717) is 18.7 Å². The standard InChI is InChI=1S/C16H28N2O2/c1-5-18(6-2)16(20)13(4)12(3)15(19)17-14-10-8-7-9-11-14/h12,14H,4-11H2,1-3H3,(H,17,19). The molecule has 1 rings (SSSR count). The molecule has 1 N–H and O–H groups in total. The number of rotatable bonds is 6. The van der Waals surface area contributed by atoms with Crippen LogP contribution in [0.1, 0.15) is 52.9 Å². The van der Waals surface area contributed by atoms with Crippen molar-refractivity contribution < 1.29 is 9.59 Å². The first-order chi connectivity index (χ1) is 9.51. The van der Waals surface area contributed by atoms with Gasteiger partial charge in [-0.05, 0) is 33.6 Å². The van der Waals surface area contributed by atoms with E-state index < -0.39 is 5.92 Å². The average Bonchev–Trinajstić information content (AvgIpc) is 2.47. The fourth-order valence-corrected chi connectivity index (χ4v) is 2.63. The summed E-state index contributed by atoms with van der Waals surface area (Å²) in [5.41, 5.74) is 0.391. The fourth-order valence-electron chi connectivity index (χ4n) is 2.63. The van der Waals surface area contributed by atoms with E-state index in [4.69, 9.17) is 0 Å². The number of hydrogen-bond donors (Lipinski definition) is 1. The van der Waals surface area contributed by atoms with Gasteiger partial charge in [0.15, 0.2) is 0 Å². The molecular formula is C16H28N2O2. The van der Waals surface area contributed by atoms with Crippen molar-refractivity contribution in [1.82, 2.24) is 10.2 Å². The number of amides is 2. The van der Waals surface area contributed by atoms with Crippen molar-refractivity contribution in [2.45, 2.75) is 58.9 Å². The average molecular weight is 280 g/mol. The van der Waals surface area contributed by atoms with Crippen LogP contribution in [0.4, 0.5) is 0 Å². The summed E-state index contributed by atoms with van der Waals surface area (Å²) in [7, 11) is 0. The van der Waals surface area contributed by atoms with Crippen LogP contribution in [0.15, 0.2) is 12.2 Å². The van der Waals surface area contributed by atoms with Gasteiger partial charge in [-0.3, -0.25) is 9.59 Å². The Bertz CT molecular complexity index is 355. The van der Waals surface area contributed by atoms with E-state index in [1.807, 2.05) is 13.8 Å². The minimum absolute atomic E-state index is 0.0672. The highest BCUT2D eigenvalue weighted by molar-refractivity contribution is 5.99. The predicted octanol–water partition coefficient (Wildman–Crippen LogP) is 2.50. The van der Waals surface area contributed by atoms with Gasteiger partial charge in [0, 0.05) is 24.7 Å². The minimum Gasteiger partial charge on any atom is -0.353 e. The van der Waals surface area contributed by atoms with E-state index >= 15 is 0 Å². The second kappa shape index (κ2) is 8.08. The zero-order chi connectivity index (χ0) is 15.1. The molecule has 1 aliphatic rings. The molecule has 0 aromatic carbocycles. The molecule has 1 unspecified atom stereocenters. The lowest BCUT2D eigenvalue weighted by molar-refractivity contribution is -0.131. The smallest absolute Gasteiger partial charge is 0.249 e. The highest BCUT2D eigenvalue weighted by Crippen LogP contribution is 2.19. The molecule has 4 nitrogen and oxygen atoms in total. The lowest BCUT2D eigenvalue weighted by Gasteiger charge is -2.26. The molecule has 0 radical (unpaired) electrons. The summed E-state index contributed by atoms with van der Waals surface area (Å²) in [6.07, 6.45) is 5.72. The van der Waals surface area contributed by atoms with E-state index in [1.165, 1.54) is 19.3 Å². The van der Waals surface area contributed by atoms with Gasteiger partial charge in [0.25, 0.3) is 0 Å². The van der Waals surface area contributed by atoms with Crippen molar-refractivity contribution in [3.05, 3.63) is 12.2 Å². The van der Waals surface area contributed by atoms with Crippen molar-refractivity contribution in [2.24, 2.45) is 5.92 Å². The van der Waals surface area contributed by atoms with Crippen LogP contribution >= 0.6 is 0 Å². The third kappa shape index (κ3) is 4.36. The molecule has 0 aromatic heterocycles. The van der Waals surface area contributed by atoms with Crippen molar-refractivity contribution in [3.8, 4) is 0 Å². The van der Waals surface area contributed by atoms with Gasteiger partial charge in [-0.1, -0.05) is 25.8 Å². The van der Waals surface area contributed by atoms with E-state index in [-0.39, 0.29) is 17.9 Å². The summed E-state index contributed by atoms with van der Waals surface area (Å²) < 4.78 is 0. The predicted molar refractivity (Wildman–Crippen MR) is 81.2 cm³/mol. The Kier molecular flexibility index (Phi) is 6.76. The van der Waals surface area contributed by atoms with Crippen LogP contribution in [0.3, 0.4) is 0 Å². The molecule has 2 amide bonds. The van der Waals surface area contributed by atoms with Crippen LogP contribution in [0.5, 0.6) is 0 Å². The maximum Gasteiger partial charge on any atom is 0.249 e. The van der Waals surface area contributed by atoms with Crippen molar-refractivity contribution in [3.63, 3.8) is 0 Å². The Morgan fingerprint density at radius 1 is 1.20 bits per heavy atom. The first-order valence-electron chi connectivity index (χ1n) is 7.79. The molecule has 0 heterocycles. The fraction of sp³-hybridized carbons (Fsp3) is 0.750. The summed E-state index contributed by atoms with van der Waals surface area (Å²) in [5, 5.41) is 3.06. The molecule has 0 aromatic rings. The summed E-state index contributed by atoms with van der Waals surface area (Å²) in [5.74, 6) is -0.631. The summed E-state index contributed by atoms with van der Waals surface area (Å²) >= 11 is 0. The number of likely N-dealkylation sites (N-methyl/N-ethyl adjacent to an activating group) is 1. The van der Waals surface area contributed by atoms with E-state index in [0.717, 1.165) is 12.8 Å². The van der Waals surface area contributed by atoms with Gasteiger partial charge in [0.05, 0.1) is 5.92 Å². The van der Waals surface area contributed by atoms with E-state index in [2.05, 4.69) is 11.9 Å². The monoisotopic (exact) mass is 280 g/mol. The number of carbonyl (C=O) groups excluding carboxylic acids is 2. The van der Waals surface area contributed by atoms with Gasteiger partial charge in [-0.25, -0.2) is 0 Å². The number of nitrogens with one attached hydrogen (secondary N) is 1. The highest BCUT2D eigenvalue weighted by atomic mass is 16.2. The van der Waals surface area contributed by atoms with Crippen LogP contribution < -0.4 is 5.32 Å². The number of carbonyl (C=O) groups is 2. The van der Waals surface area contributed by atoms with Crippen LogP contribution in [-0.2, 0) is 9.59 Å². The Hall–Kier alpha value is -1.32. The molecule has 1 saturated carbocycles. The van der Waals surface area contributed by atoms with Gasteiger partial charge in [0.1, 0.15) is 0 Å². The SMILES string of the molecule is C=C(C(=O)N(CC)CC)C(C)C(=O)NC1CCCCC1. The topological polar surface area (TPSA) is 49.4 Å². The zero-order valence-electron chi connectivity index (χ0n) is 13.1. The number of hydrogen-bond acceptors (Lipinski definition) is 2. The zero-order valence-corrected chi connectivity index (χ0v) is 13.1. The summed E-state index contributed by atoms with van der Waals surface area (Å²) in [6, 6.07) is 0.273. The normalized spacial score (nSPS) is 17.4. The third-order valence-electron chi connectivity index (χ3n) is 4.19. The lowest BCUT2D eigenvalue weighted by atomic mass is 9.94. The molecule has 1 atom stereocenters. The minimum atomic E-state index is -0.454. The first-order valence-corrected chi connectivity index (χ1v) is 7.79. The summed E-state index contributed by atoms with van der Waals surface area (Å²) in [6.45, 7) is 10.8. The van der Waals surface area contributed by atoms with Gasteiger partial charge in [-0.15, -0.1) is 0 Å². The molecule has 20 heavy (non-hydrogen) atoms. The Morgan fingerprint density at radius 3 is 2.25 bits per heavy atom. The Balaban J connectivity index is 2.54.